The summed E-state index contributed by atoms with van der Waals surface area (Å²) in [5.41, 5.74) is 0.203. The smallest absolute Gasteiger partial charge is 0.299 e. The van der Waals surface area contributed by atoms with Gasteiger partial charge in [-0.3, -0.25) is 8.98 Å². The second-order valence-electron chi connectivity index (χ2n) is 8.42. The van der Waals surface area contributed by atoms with Crippen molar-refractivity contribution in [2.45, 2.75) is 108 Å². The van der Waals surface area contributed by atoms with E-state index in [1.807, 2.05) is 0 Å². The molecule has 1 rings (SSSR count). The number of carbonyl (C=O) groups excluding carboxylic acids is 1. The van der Waals surface area contributed by atoms with Crippen LogP contribution in [0.2, 0.25) is 0 Å². The molecule has 1 aromatic carbocycles. The Hall–Kier alpha value is -1.66. The maximum atomic E-state index is 12.5. The minimum absolute atomic E-state index is 0.0313. The molecule has 0 aromatic heterocycles. The Morgan fingerprint density at radius 2 is 1.31 bits per heavy atom. The van der Waals surface area contributed by atoms with E-state index in [0.29, 0.717) is 6.42 Å². The average molecular weight is 466 g/mol. The third-order valence-electron chi connectivity index (χ3n) is 5.59. The number of rotatable bonds is 20. The summed E-state index contributed by atoms with van der Waals surface area (Å²) in [5, 5.41) is 2.51. The largest absolute Gasteiger partial charge is 0.321 e. The summed E-state index contributed by atoms with van der Waals surface area (Å²) < 4.78 is 30.1. The summed E-state index contributed by atoms with van der Waals surface area (Å²) in [6.07, 6.45) is 20.0. The van der Waals surface area contributed by atoms with Gasteiger partial charge < -0.3 is 5.32 Å². The lowest BCUT2D eigenvalue weighted by atomic mass is 10.0. The molecule has 1 N–H and O–H groups in total. The molecule has 32 heavy (non-hydrogen) atoms. The number of unbranched alkanes of at least 4 members (excludes halogenated alkanes) is 14. The summed E-state index contributed by atoms with van der Waals surface area (Å²) in [6.45, 7) is 5.80. The molecule has 0 aliphatic carbocycles. The van der Waals surface area contributed by atoms with Crippen molar-refractivity contribution in [1.82, 2.24) is 0 Å². The number of carbonyl (C=O) groups is 1. The fourth-order valence-electron chi connectivity index (χ4n) is 3.68. The molecule has 1 aromatic rings. The number of hydrogen-bond acceptors (Lipinski definition) is 4. The van der Waals surface area contributed by atoms with E-state index in [1.165, 1.54) is 89.2 Å². The first-order chi connectivity index (χ1) is 15.5. The first-order valence-electron chi connectivity index (χ1n) is 12.4. The van der Waals surface area contributed by atoms with Crippen LogP contribution < -0.4 is 5.32 Å². The van der Waals surface area contributed by atoms with E-state index in [0.717, 1.165) is 18.9 Å². The van der Waals surface area contributed by atoms with Crippen LogP contribution in [0, 0.1) is 0 Å². The highest BCUT2D eigenvalue weighted by Gasteiger charge is 2.19. The Kier molecular flexibility index (Phi) is 15.8. The summed E-state index contributed by atoms with van der Waals surface area (Å²) in [4.78, 5) is 11.5. The zero-order chi connectivity index (χ0) is 23.5. The molecule has 0 radical (unpaired) electrons. The molecule has 0 saturated heterocycles. The summed E-state index contributed by atoms with van der Waals surface area (Å²) in [5.74, 6) is -0.463. The fraction of sp³-hybridized carbons (Fsp3) is 0.654. The van der Waals surface area contributed by atoms with E-state index < -0.39 is 16.0 Å². The Balaban J connectivity index is 2.08. The van der Waals surface area contributed by atoms with Crippen LogP contribution in [0.1, 0.15) is 103 Å². The van der Waals surface area contributed by atoms with E-state index in [9.17, 15) is 13.2 Å². The third kappa shape index (κ3) is 13.0. The van der Waals surface area contributed by atoms with Gasteiger partial charge >= 0.3 is 0 Å². The van der Waals surface area contributed by atoms with Crippen LogP contribution in [0.15, 0.2) is 41.8 Å². The van der Waals surface area contributed by atoms with Gasteiger partial charge in [0, 0.05) is 0 Å². The number of nitrogens with one attached hydrogen (secondary N) is 1. The quantitative estimate of drug-likeness (QED) is 0.124. The molecular formula is C26H43NO4S. The van der Waals surface area contributed by atoms with Gasteiger partial charge in [-0.15, -0.1) is 0 Å². The lowest BCUT2D eigenvalue weighted by molar-refractivity contribution is -0.111. The third-order valence-corrected chi connectivity index (χ3v) is 6.96. The van der Waals surface area contributed by atoms with Crippen LogP contribution in [0.4, 0.5) is 5.69 Å². The second-order valence-corrected chi connectivity index (χ2v) is 10.00. The molecule has 5 nitrogen and oxygen atoms in total. The van der Waals surface area contributed by atoms with Crippen molar-refractivity contribution in [3.05, 3.63) is 36.9 Å². The molecule has 0 bridgehead atoms. The van der Waals surface area contributed by atoms with Gasteiger partial charge in [0.25, 0.3) is 10.1 Å². The van der Waals surface area contributed by atoms with Gasteiger partial charge in [0.2, 0.25) is 5.91 Å². The highest BCUT2D eigenvalue weighted by atomic mass is 32.2. The number of benzene rings is 1. The lowest BCUT2D eigenvalue weighted by Gasteiger charge is -2.11. The fourth-order valence-corrected chi connectivity index (χ4v) is 4.78. The minimum atomic E-state index is -3.91. The van der Waals surface area contributed by atoms with E-state index >= 15 is 0 Å². The van der Waals surface area contributed by atoms with Crippen LogP contribution in [0.3, 0.4) is 0 Å². The van der Waals surface area contributed by atoms with Crippen molar-refractivity contribution in [1.29, 1.82) is 0 Å². The molecule has 0 heterocycles. The van der Waals surface area contributed by atoms with Crippen molar-refractivity contribution < 1.29 is 17.4 Å². The molecule has 182 valence electrons. The molecule has 1 amide bonds. The maximum absolute atomic E-state index is 12.5. The van der Waals surface area contributed by atoms with Gasteiger partial charge in [-0.05, 0) is 24.6 Å². The number of hydrogen-bond donors (Lipinski definition) is 1. The standard InChI is InChI=1S/C26H43NO4S/c1-3-5-6-7-8-9-10-11-12-13-14-15-16-17-20-23-31-32(29,30)25-22-19-18-21-24(25)27-26(28)4-2/h4,18-19,21-22H,2-3,5-17,20,23H2,1H3,(H,27,28). The van der Waals surface area contributed by atoms with Gasteiger partial charge in [-0.1, -0.05) is 116 Å². The first kappa shape index (κ1) is 28.4. The molecule has 0 saturated carbocycles. The van der Waals surface area contributed by atoms with Gasteiger partial charge in [-0.2, -0.15) is 8.42 Å². The highest BCUT2D eigenvalue weighted by Crippen LogP contribution is 2.23. The summed E-state index contributed by atoms with van der Waals surface area (Å²) >= 11 is 0. The van der Waals surface area contributed by atoms with E-state index in [-0.39, 0.29) is 17.2 Å². The molecule has 0 fully saturated rings. The van der Waals surface area contributed by atoms with Crippen LogP contribution >= 0.6 is 0 Å². The second kappa shape index (κ2) is 17.8. The predicted octanol–water partition coefficient (Wildman–Crippen LogP) is 7.39. The first-order valence-corrected chi connectivity index (χ1v) is 13.8. The van der Waals surface area contributed by atoms with Crippen molar-refractivity contribution in [3.63, 3.8) is 0 Å². The predicted molar refractivity (Wildman–Crippen MR) is 133 cm³/mol. The molecule has 0 atom stereocenters. The minimum Gasteiger partial charge on any atom is -0.321 e. The van der Waals surface area contributed by atoms with Crippen LogP contribution in [-0.4, -0.2) is 20.9 Å². The Morgan fingerprint density at radius 1 is 0.844 bits per heavy atom. The van der Waals surface area contributed by atoms with Crippen LogP contribution in [-0.2, 0) is 19.1 Å². The topological polar surface area (TPSA) is 72.5 Å². The van der Waals surface area contributed by atoms with Crippen molar-refractivity contribution in [3.8, 4) is 0 Å². The summed E-state index contributed by atoms with van der Waals surface area (Å²) in [7, 11) is -3.91. The molecule has 0 unspecified atom stereocenters. The molecule has 0 aliphatic heterocycles. The highest BCUT2D eigenvalue weighted by molar-refractivity contribution is 7.87. The van der Waals surface area contributed by atoms with Crippen LogP contribution in [0.25, 0.3) is 0 Å². The molecule has 0 spiro atoms. The Labute approximate surface area is 196 Å². The van der Waals surface area contributed by atoms with E-state index in [4.69, 9.17) is 4.18 Å². The Morgan fingerprint density at radius 3 is 1.81 bits per heavy atom. The zero-order valence-electron chi connectivity index (χ0n) is 19.9. The SMILES string of the molecule is C=CC(=O)Nc1ccccc1S(=O)(=O)OCCCCCCCCCCCCCCCCC. The normalized spacial score (nSPS) is 11.4. The van der Waals surface area contributed by atoms with Crippen molar-refractivity contribution in [2.24, 2.45) is 0 Å². The van der Waals surface area contributed by atoms with Gasteiger partial charge in [-0.25, -0.2) is 0 Å². The maximum Gasteiger partial charge on any atom is 0.299 e. The molecule has 0 aliphatic rings. The average Bonchev–Trinajstić information content (AvgIpc) is 2.79. The van der Waals surface area contributed by atoms with Gasteiger partial charge in [0.1, 0.15) is 4.90 Å². The van der Waals surface area contributed by atoms with Gasteiger partial charge in [0.15, 0.2) is 0 Å². The van der Waals surface area contributed by atoms with E-state index in [2.05, 4.69) is 18.8 Å². The monoisotopic (exact) mass is 465 g/mol. The number of amides is 1. The van der Waals surface area contributed by atoms with Crippen molar-refractivity contribution in [2.75, 3.05) is 11.9 Å². The number of anilines is 1. The lowest BCUT2D eigenvalue weighted by Crippen LogP contribution is -2.14. The van der Waals surface area contributed by atoms with Crippen molar-refractivity contribution >= 4 is 21.7 Å². The number of para-hydroxylation sites is 1. The zero-order valence-corrected chi connectivity index (χ0v) is 20.8. The Bertz CT molecular complexity index is 746. The molecule has 6 heteroatoms. The summed E-state index contributed by atoms with van der Waals surface area (Å²) in [6, 6.07) is 6.23. The van der Waals surface area contributed by atoms with E-state index in [1.54, 1.807) is 12.1 Å². The molecular weight excluding hydrogens is 422 g/mol. The van der Waals surface area contributed by atoms with Gasteiger partial charge in [0.05, 0.1) is 12.3 Å². The van der Waals surface area contributed by atoms with Crippen LogP contribution in [0.5, 0.6) is 0 Å².